The van der Waals surface area contributed by atoms with Crippen LogP contribution in [-0.4, -0.2) is 53.3 Å². The molecule has 3 heterocycles. The fourth-order valence-corrected chi connectivity index (χ4v) is 2.49. The highest BCUT2D eigenvalue weighted by Gasteiger charge is 2.07. The summed E-state index contributed by atoms with van der Waals surface area (Å²) in [5.41, 5.74) is 1.83. The quantitative estimate of drug-likeness (QED) is 0.476. The molecule has 0 amide bonds. The summed E-state index contributed by atoms with van der Waals surface area (Å²) in [7, 11) is 0. The molecule has 1 aromatic carbocycles. The smallest absolute Gasteiger partial charge is 0.247 e. The summed E-state index contributed by atoms with van der Waals surface area (Å²) in [6.45, 7) is 3.19. The minimum Gasteiger partial charge on any atom is -0.367 e. The van der Waals surface area contributed by atoms with Crippen molar-refractivity contribution >= 4 is 11.8 Å². The van der Waals surface area contributed by atoms with Crippen molar-refractivity contribution in [3.63, 3.8) is 0 Å². The molecule has 0 fully saturated rings. The first-order valence-corrected chi connectivity index (χ1v) is 8.47. The highest BCUT2D eigenvalue weighted by atomic mass is 15.6. The largest absolute Gasteiger partial charge is 0.367 e. The summed E-state index contributed by atoms with van der Waals surface area (Å²) in [6.07, 6.45) is 1.85. The predicted octanol–water partition coefficient (Wildman–Crippen LogP) is 1.47. The van der Waals surface area contributed by atoms with E-state index in [1.807, 2.05) is 61.7 Å². The summed E-state index contributed by atoms with van der Waals surface area (Å²) in [6, 6.07) is 15.4. The van der Waals surface area contributed by atoms with Gasteiger partial charge >= 0.3 is 0 Å². The van der Waals surface area contributed by atoms with E-state index in [0.717, 1.165) is 11.4 Å². The molecule has 4 aromatic rings. The number of nitrogens with one attached hydrogen (secondary N) is 2. The van der Waals surface area contributed by atoms with Crippen LogP contribution in [-0.2, 0) is 0 Å². The molecule has 10 nitrogen and oxygen atoms in total. The van der Waals surface area contributed by atoms with Crippen molar-refractivity contribution in [1.29, 1.82) is 0 Å². The van der Waals surface area contributed by atoms with Crippen LogP contribution in [0.3, 0.4) is 0 Å². The molecule has 0 spiro atoms. The number of rotatable bonds is 7. The number of para-hydroxylation sites is 1. The molecular formula is C17H18N10. The van der Waals surface area contributed by atoms with Gasteiger partial charge in [0.25, 0.3) is 0 Å². The Bertz CT molecular complexity index is 990. The summed E-state index contributed by atoms with van der Waals surface area (Å²) < 4.78 is 3.34. The predicted molar refractivity (Wildman–Crippen MR) is 100 cm³/mol. The highest BCUT2D eigenvalue weighted by molar-refractivity contribution is 5.39. The molecule has 0 saturated heterocycles. The Morgan fingerprint density at radius 3 is 2.48 bits per heavy atom. The number of hydrogen-bond donors (Lipinski definition) is 2. The topological polar surface area (TPSA) is 111 Å². The molecule has 0 unspecified atom stereocenters. The maximum Gasteiger partial charge on any atom is 0.247 e. The third-order valence-corrected chi connectivity index (χ3v) is 3.79. The van der Waals surface area contributed by atoms with Crippen LogP contribution in [0.15, 0.2) is 54.7 Å². The van der Waals surface area contributed by atoms with Crippen molar-refractivity contribution in [3.05, 3.63) is 60.4 Å². The van der Waals surface area contributed by atoms with Crippen LogP contribution in [0.25, 0.3) is 11.5 Å². The Hall–Kier alpha value is -3.82. The molecule has 0 saturated carbocycles. The van der Waals surface area contributed by atoms with E-state index < -0.39 is 0 Å². The van der Waals surface area contributed by atoms with Gasteiger partial charge in [0.05, 0.1) is 11.4 Å². The lowest BCUT2D eigenvalue weighted by atomic mass is 10.3. The molecule has 0 bridgehead atoms. The van der Waals surface area contributed by atoms with E-state index in [-0.39, 0.29) is 0 Å². The third kappa shape index (κ3) is 3.89. The van der Waals surface area contributed by atoms with Crippen LogP contribution in [0.1, 0.15) is 5.69 Å². The Balaban J connectivity index is 1.30. The van der Waals surface area contributed by atoms with Gasteiger partial charge in [-0.1, -0.05) is 23.3 Å². The van der Waals surface area contributed by atoms with Crippen LogP contribution in [0.5, 0.6) is 0 Å². The van der Waals surface area contributed by atoms with Crippen molar-refractivity contribution < 1.29 is 0 Å². The van der Waals surface area contributed by atoms with Gasteiger partial charge in [0.1, 0.15) is 5.82 Å². The number of aromatic nitrogens is 8. The second-order valence-electron chi connectivity index (χ2n) is 5.78. The molecule has 0 aliphatic carbocycles. The lowest BCUT2D eigenvalue weighted by Gasteiger charge is -2.08. The van der Waals surface area contributed by atoms with E-state index in [2.05, 4.69) is 41.5 Å². The third-order valence-electron chi connectivity index (χ3n) is 3.79. The number of nitrogens with zero attached hydrogens (tertiary/aromatic N) is 8. The second kappa shape index (κ2) is 7.60. The maximum atomic E-state index is 4.31. The van der Waals surface area contributed by atoms with Crippen molar-refractivity contribution in [3.8, 4) is 11.5 Å². The summed E-state index contributed by atoms with van der Waals surface area (Å²) in [4.78, 5) is 0. The van der Waals surface area contributed by atoms with Gasteiger partial charge in [0.15, 0.2) is 5.82 Å². The zero-order chi connectivity index (χ0) is 18.5. The van der Waals surface area contributed by atoms with E-state index in [9.17, 15) is 0 Å². The fourth-order valence-electron chi connectivity index (χ4n) is 2.49. The molecule has 136 valence electrons. The van der Waals surface area contributed by atoms with Crippen LogP contribution in [0.4, 0.5) is 11.8 Å². The Morgan fingerprint density at radius 2 is 1.74 bits per heavy atom. The standard InChI is InChI=1S/C17H18N10/c1-13-9-12-26(23-13)16-8-7-15(20-21-16)18-10-11-19-17-22-24-25-27(17)14-5-3-2-4-6-14/h2-9,12H,10-11H2,1H3,(H,18,20)(H,19,22,25). The van der Waals surface area contributed by atoms with Crippen molar-refractivity contribution in [1.82, 2.24) is 40.2 Å². The Labute approximate surface area is 155 Å². The first-order chi connectivity index (χ1) is 13.3. The molecule has 0 aliphatic heterocycles. The van der Waals surface area contributed by atoms with Gasteiger partial charge in [-0.25, -0.2) is 4.68 Å². The molecule has 2 N–H and O–H groups in total. The lowest BCUT2D eigenvalue weighted by molar-refractivity contribution is 0.789. The number of aryl methyl sites for hydroxylation is 1. The van der Waals surface area contributed by atoms with Gasteiger partial charge in [-0.3, -0.25) is 0 Å². The average molecular weight is 362 g/mol. The van der Waals surface area contributed by atoms with Gasteiger partial charge in [-0.15, -0.1) is 10.2 Å². The normalized spacial score (nSPS) is 10.7. The van der Waals surface area contributed by atoms with Crippen LogP contribution in [0, 0.1) is 6.92 Å². The van der Waals surface area contributed by atoms with Gasteiger partial charge in [0, 0.05) is 19.3 Å². The lowest BCUT2D eigenvalue weighted by Crippen LogP contribution is -2.17. The molecule has 0 aliphatic rings. The van der Waals surface area contributed by atoms with Crippen LogP contribution in [0.2, 0.25) is 0 Å². The minimum atomic E-state index is 0.582. The van der Waals surface area contributed by atoms with Crippen molar-refractivity contribution in [2.75, 3.05) is 23.7 Å². The molecule has 0 radical (unpaired) electrons. The molecule has 3 aromatic heterocycles. The van der Waals surface area contributed by atoms with Gasteiger partial charge in [-0.05, 0) is 47.7 Å². The number of hydrogen-bond acceptors (Lipinski definition) is 8. The zero-order valence-electron chi connectivity index (χ0n) is 14.7. The van der Waals surface area contributed by atoms with E-state index in [1.165, 1.54) is 0 Å². The number of anilines is 2. The highest BCUT2D eigenvalue weighted by Crippen LogP contribution is 2.10. The van der Waals surface area contributed by atoms with E-state index in [1.54, 1.807) is 9.36 Å². The molecular weight excluding hydrogens is 344 g/mol. The van der Waals surface area contributed by atoms with Crippen LogP contribution < -0.4 is 10.6 Å². The number of tetrazole rings is 1. The monoisotopic (exact) mass is 362 g/mol. The van der Waals surface area contributed by atoms with Crippen molar-refractivity contribution in [2.45, 2.75) is 6.92 Å². The van der Waals surface area contributed by atoms with Crippen LogP contribution >= 0.6 is 0 Å². The summed E-state index contributed by atoms with van der Waals surface area (Å²) in [5.74, 6) is 1.94. The second-order valence-corrected chi connectivity index (χ2v) is 5.78. The molecule has 4 rings (SSSR count). The van der Waals surface area contributed by atoms with Gasteiger partial charge in [-0.2, -0.15) is 9.78 Å². The van der Waals surface area contributed by atoms with Gasteiger partial charge < -0.3 is 10.6 Å². The minimum absolute atomic E-state index is 0.582. The summed E-state index contributed by atoms with van der Waals surface area (Å²) in [5, 5.41) is 30.8. The summed E-state index contributed by atoms with van der Waals surface area (Å²) >= 11 is 0. The molecule has 10 heteroatoms. The van der Waals surface area contributed by atoms with Gasteiger partial charge in [0.2, 0.25) is 5.95 Å². The molecule has 27 heavy (non-hydrogen) atoms. The Morgan fingerprint density at radius 1 is 0.889 bits per heavy atom. The van der Waals surface area contributed by atoms with E-state index in [4.69, 9.17) is 0 Å². The fraction of sp³-hybridized carbons (Fsp3) is 0.176. The van der Waals surface area contributed by atoms with Crippen molar-refractivity contribution in [2.24, 2.45) is 0 Å². The zero-order valence-corrected chi connectivity index (χ0v) is 14.7. The number of benzene rings is 1. The first kappa shape index (κ1) is 16.6. The molecule has 0 atom stereocenters. The average Bonchev–Trinajstić information content (AvgIpc) is 3.35. The van der Waals surface area contributed by atoms with E-state index in [0.29, 0.717) is 30.7 Å². The Kier molecular flexibility index (Phi) is 4.68. The van der Waals surface area contributed by atoms with E-state index >= 15 is 0 Å². The maximum absolute atomic E-state index is 4.31. The SMILES string of the molecule is Cc1ccn(-c2ccc(NCCNc3nnnn3-c3ccccc3)nn2)n1. The first-order valence-electron chi connectivity index (χ1n) is 8.47.